The second-order valence-corrected chi connectivity index (χ2v) is 9.57. The summed E-state index contributed by atoms with van der Waals surface area (Å²) in [6.45, 7) is 2.82. The van der Waals surface area contributed by atoms with Crippen LogP contribution in [0.1, 0.15) is 56.1 Å². The maximum Gasteiger partial charge on any atom is 0.407 e. The van der Waals surface area contributed by atoms with Gasteiger partial charge < -0.3 is 20.5 Å². The molecule has 1 unspecified atom stereocenters. The molecule has 2 aromatic carbocycles. The highest BCUT2D eigenvalue weighted by atomic mass is 16.5. The molecule has 34 heavy (non-hydrogen) atoms. The number of alkyl carbamates (subject to hydrolysis) is 1. The summed E-state index contributed by atoms with van der Waals surface area (Å²) in [5.41, 5.74) is 3.92. The number of benzene rings is 2. The second-order valence-electron chi connectivity index (χ2n) is 9.57. The van der Waals surface area contributed by atoms with Crippen molar-refractivity contribution in [2.75, 3.05) is 19.7 Å². The summed E-state index contributed by atoms with van der Waals surface area (Å²) in [6, 6.07) is 16.4. The number of ether oxygens (including phenoxy) is 1. The van der Waals surface area contributed by atoms with Gasteiger partial charge in [-0.2, -0.15) is 0 Å². The molecule has 1 saturated carbocycles. The monoisotopic (exact) mass is 464 g/mol. The predicted octanol–water partition coefficient (Wildman–Crippen LogP) is 4.31. The Balaban J connectivity index is 1.18. The second kappa shape index (κ2) is 10.3. The number of fused-ring (bicyclic) bond motifs is 3. The van der Waals surface area contributed by atoms with Crippen LogP contribution in [0.4, 0.5) is 4.79 Å². The Morgan fingerprint density at radius 3 is 2.21 bits per heavy atom. The molecule has 0 saturated heterocycles. The fourth-order valence-electron chi connectivity index (χ4n) is 4.81. The van der Waals surface area contributed by atoms with Gasteiger partial charge in [-0.05, 0) is 47.4 Å². The van der Waals surface area contributed by atoms with E-state index in [0.717, 1.165) is 6.42 Å². The lowest BCUT2D eigenvalue weighted by Gasteiger charge is -2.37. The van der Waals surface area contributed by atoms with Crippen LogP contribution in [0.3, 0.4) is 0 Å². The van der Waals surface area contributed by atoms with Crippen molar-refractivity contribution in [3.05, 3.63) is 59.7 Å². The van der Waals surface area contributed by atoms with E-state index in [1.165, 1.54) is 22.3 Å². The standard InChI is InChI=1S/C27H32N2O5/c1-18(11-12-24(30)29-17-27(25(31)32)13-6-14-27)15-28-26(33)34-16-23-21-9-4-2-7-19(21)20-8-3-5-10-22(20)23/h2-5,7-10,18,23H,6,11-17H2,1H3,(H,28,33)(H,29,30)(H,31,32). The normalized spacial score (nSPS) is 16.5. The molecular formula is C27H32N2O5. The third-order valence-corrected chi connectivity index (χ3v) is 7.19. The van der Waals surface area contributed by atoms with E-state index in [4.69, 9.17) is 4.74 Å². The Kier molecular flexibility index (Phi) is 7.20. The Labute approximate surface area is 199 Å². The summed E-state index contributed by atoms with van der Waals surface area (Å²) in [6.07, 6.45) is 2.54. The molecule has 2 amide bonds. The van der Waals surface area contributed by atoms with Gasteiger partial charge in [-0.1, -0.05) is 61.9 Å². The van der Waals surface area contributed by atoms with Crippen molar-refractivity contribution < 1.29 is 24.2 Å². The Hall–Kier alpha value is -3.35. The van der Waals surface area contributed by atoms with Crippen molar-refractivity contribution >= 4 is 18.0 Å². The van der Waals surface area contributed by atoms with Gasteiger partial charge in [0.2, 0.25) is 5.91 Å². The minimum atomic E-state index is -0.834. The summed E-state index contributed by atoms with van der Waals surface area (Å²) in [5, 5.41) is 14.9. The van der Waals surface area contributed by atoms with Crippen LogP contribution in [0.2, 0.25) is 0 Å². The zero-order valence-corrected chi connectivity index (χ0v) is 19.5. The number of nitrogens with one attached hydrogen (secondary N) is 2. The highest BCUT2D eigenvalue weighted by Gasteiger charge is 2.44. The number of carbonyl (C=O) groups is 3. The molecule has 0 spiro atoms. The Morgan fingerprint density at radius 2 is 1.65 bits per heavy atom. The zero-order chi connectivity index (χ0) is 24.1. The number of hydrogen-bond donors (Lipinski definition) is 3. The molecule has 2 aromatic rings. The van der Waals surface area contributed by atoms with Crippen LogP contribution in [0, 0.1) is 11.3 Å². The molecule has 0 aromatic heterocycles. The molecule has 1 fully saturated rings. The summed E-state index contributed by atoms with van der Waals surface area (Å²) >= 11 is 0. The van der Waals surface area contributed by atoms with Gasteiger partial charge in [-0.25, -0.2) is 4.79 Å². The van der Waals surface area contributed by atoms with Crippen LogP contribution in [0.15, 0.2) is 48.5 Å². The van der Waals surface area contributed by atoms with E-state index in [0.29, 0.717) is 32.2 Å². The number of hydrogen-bond acceptors (Lipinski definition) is 4. The predicted molar refractivity (Wildman–Crippen MR) is 128 cm³/mol. The first-order valence-corrected chi connectivity index (χ1v) is 12.0. The van der Waals surface area contributed by atoms with E-state index in [9.17, 15) is 19.5 Å². The molecule has 0 heterocycles. The average molecular weight is 465 g/mol. The fraction of sp³-hybridized carbons (Fsp3) is 0.444. The summed E-state index contributed by atoms with van der Waals surface area (Å²) < 4.78 is 5.55. The van der Waals surface area contributed by atoms with Crippen LogP contribution >= 0.6 is 0 Å². The molecule has 180 valence electrons. The third-order valence-electron chi connectivity index (χ3n) is 7.19. The van der Waals surface area contributed by atoms with Crippen molar-refractivity contribution in [1.29, 1.82) is 0 Å². The van der Waals surface area contributed by atoms with Crippen molar-refractivity contribution in [1.82, 2.24) is 10.6 Å². The molecule has 0 radical (unpaired) electrons. The molecule has 4 rings (SSSR count). The van der Waals surface area contributed by atoms with E-state index in [1.54, 1.807) is 0 Å². The van der Waals surface area contributed by atoms with Crippen LogP contribution in [-0.4, -0.2) is 42.8 Å². The van der Waals surface area contributed by atoms with Gasteiger partial charge in [0, 0.05) is 25.4 Å². The SMILES string of the molecule is CC(CCC(=O)NCC1(C(=O)O)CCC1)CNC(=O)OCC1c2ccccc2-c2ccccc21. The summed E-state index contributed by atoms with van der Waals surface area (Å²) in [4.78, 5) is 35.8. The summed E-state index contributed by atoms with van der Waals surface area (Å²) in [7, 11) is 0. The molecular weight excluding hydrogens is 432 g/mol. The topological polar surface area (TPSA) is 105 Å². The smallest absolute Gasteiger partial charge is 0.407 e. The van der Waals surface area contributed by atoms with Crippen molar-refractivity contribution in [3.63, 3.8) is 0 Å². The molecule has 7 heteroatoms. The first kappa shape index (κ1) is 23.8. The number of amides is 2. The van der Waals surface area contributed by atoms with Crippen molar-refractivity contribution in [3.8, 4) is 11.1 Å². The van der Waals surface area contributed by atoms with E-state index < -0.39 is 17.5 Å². The van der Waals surface area contributed by atoms with Gasteiger partial charge in [0.15, 0.2) is 0 Å². The van der Waals surface area contributed by atoms with Gasteiger partial charge in [-0.15, -0.1) is 0 Å². The molecule has 1 atom stereocenters. The first-order chi connectivity index (χ1) is 16.4. The molecule has 2 aliphatic carbocycles. The first-order valence-electron chi connectivity index (χ1n) is 12.0. The highest BCUT2D eigenvalue weighted by Crippen LogP contribution is 2.44. The van der Waals surface area contributed by atoms with Gasteiger partial charge in [0.1, 0.15) is 6.61 Å². The lowest BCUT2D eigenvalue weighted by atomic mass is 9.69. The van der Waals surface area contributed by atoms with Gasteiger partial charge in [0.25, 0.3) is 0 Å². The Morgan fingerprint density at radius 1 is 1.03 bits per heavy atom. The van der Waals surface area contributed by atoms with E-state index >= 15 is 0 Å². The lowest BCUT2D eigenvalue weighted by Crippen LogP contribution is -2.47. The van der Waals surface area contributed by atoms with E-state index in [-0.39, 0.29) is 30.9 Å². The molecule has 0 aliphatic heterocycles. The van der Waals surface area contributed by atoms with Crippen LogP contribution in [0.25, 0.3) is 11.1 Å². The number of carbonyl (C=O) groups excluding carboxylic acids is 2. The van der Waals surface area contributed by atoms with Gasteiger partial charge in [-0.3, -0.25) is 9.59 Å². The van der Waals surface area contributed by atoms with Crippen LogP contribution < -0.4 is 10.6 Å². The molecule has 7 nitrogen and oxygen atoms in total. The molecule has 0 bridgehead atoms. The zero-order valence-electron chi connectivity index (χ0n) is 19.5. The average Bonchev–Trinajstić information content (AvgIpc) is 3.13. The number of rotatable bonds is 10. The number of aliphatic carboxylic acids is 1. The molecule has 3 N–H and O–H groups in total. The van der Waals surface area contributed by atoms with Crippen LogP contribution in [0.5, 0.6) is 0 Å². The Bertz CT molecular complexity index is 1020. The third kappa shape index (κ3) is 5.08. The maximum atomic E-state index is 12.3. The minimum absolute atomic E-state index is 0.0176. The van der Waals surface area contributed by atoms with E-state index in [1.807, 2.05) is 31.2 Å². The van der Waals surface area contributed by atoms with Gasteiger partial charge >= 0.3 is 12.1 Å². The van der Waals surface area contributed by atoms with Crippen molar-refractivity contribution in [2.45, 2.75) is 44.9 Å². The van der Waals surface area contributed by atoms with Crippen LogP contribution in [-0.2, 0) is 14.3 Å². The maximum absolute atomic E-state index is 12.3. The fourth-order valence-corrected chi connectivity index (χ4v) is 4.81. The van der Waals surface area contributed by atoms with Crippen molar-refractivity contribution in [2.24, 2.45) is 11.3 Å². The van der Waals surface area contributed by atoms with E-state index in [2.05, 4.69) is 34.9 Å². The lowest BCUT2D eigenvalue weighted by molar-refractivity contribution is -0.154. The number of carboxylic acid groups (broad SMARTS) is 1. The minimum Gasteiger partial charge on any atom is -0.481 e. The molecule has 2 aliphatic rings. The van der Waals surface area contributed by atoms with Gasteiger partial charge in [0.05, 0.1) is 5.41 Å². The number of carboxylic acids is 1. The largest absolute Gasteiger partial charge is 0.481 e. The summed E-state index contributed by atoms with van der Waals surface area (Å²) in [5.74, 6) is -0.882. The quantitative estimate of drug-likeness (QED) is 0.486. The highest BCUT2D eigenvalue weighted by molar-refractivity contribution is 5.80.